The van der Waals surface area contributed by atoms with Crippen LogP contribution in [0.2, 0.25) is 0 Å². The molecule has 0 atom stereocenters. The summed E-state index contributed by atoms with van der Waals surface area (Å²) < 4.78 is 0. The van der Waals surface area contributed by atoms with Crippen molar-refractivity contribution in [2.75, 3.05) is 19.6 Å². The predicted molar refractivity (Wildman–Crippen MR) is 121 cm³/mol. The summed E-state index contributed by atoms with van der Waals surface area (Å²) in [6, 6.07) is 22.3. The first-order valence-electron chi connectivity index (χ1n) is 11.1. The molecule has 0 saturated carbocycles. The zero-order valence-electron chi connectivity index (χ0n) is 17.4. The van der Waals surface area contributed by atoms with E-state index in [9.17, 15) is 0 Å². The first-order valence-corrected chi connectivity index (χ1v) is 11.1. The highest BCUT2D eigenvalue weighted by Gasteiger charge is 2.18. The van der Waals surface area contributed by atoms with Crippen LogP contribution in [0, 0.1) is 0 Å². The number of nitrogens with one attached hydrogen (secondary N) is 1. The van der Waals surface area contributed by atoms with E-state index in [1.165, 1.54) is 62.7 Å². The molecule has 1 N–H and O–H groups in total. The maximum absolute atomic E-state index is 3.86. The van der Waals surface area contributed by atoms with Gasteiger partial charge in [-0.1, -0.05) is 92.1 Å². The monoisotopic (exact) mass is 376 g/mol. The van der Waals surface area contributed by atoms with Crippen LogP contribution in [0.15, 0.2) is 66.2 Å². The van der Waals surface area contributed by atoms with Gasteiger partial charge in [-0.15, -0.1) is 0 Å². The van der Waals surface area contributed by atoms with E-state index in [2.05, 4.69) is 83.9 Å². The van der Waals surface area contributed by atoms with E-state index in [1.54, 1.807) is 5.57 Å². The fraction of sp³-hybridized carbons (Fsp3) is 0.462. The maximum atomic E-state index is 3.86. The Bertz CT molecular complexity index is 685. The van der Waals surface area contributed by atoms with Crippen molar-refractivity contribution in [2.24, 2.45) is 0 Å². The molecule has 0 radical (unpaired) electrons. The quantitative estimate of drug-likeness (QED) is 0.519. The number of piperidine rings is 1. The molecule has 2 aromatic carbocycles. The van der Waals surface area contributed by atoms with Crippen LogP contribution < -0.4 is 5.32 Å². The van der Waals surface area contributed by atoms with Crippen LogP contribution in [-0.2, 0) is 6.54 Å². The summed E-state index contributed by atoms with van der Waals surface area (Å²) in [5, 5.41) is 3.86. The average molecular weight is 377 g/mol. The van der Waals surface area contributed by atoms with Gasteiger partial charge in [0.25, 0.3) is 0 Å². The fourth-order valence-corrected chi connectivity index (χ4v) is 4.01. The lowest BCUT2D eigenvalue weighted by Gasteiger charge is -2.32. The molecule has 1 saturated heterocycles. The Balaban J connectivity index is 1.46. The van der Waals surface area contributed by atoms with Gasteiger partial charge in [-0.3, -0.25) is 4.90 Å². The second-order valence-electron chi connectivity index (χ2n) is 8.09. The SMILES string of the molecule is CCCCC/C(=C\c1ccccc1)CNC1CCN(Cc2ccccc2)CC1. The molecule has 0 bridgehead atoms. The molecule has 150 valence electrons. The molecule has 0 aromatic heterocycles. The third-order valence-electron chi connectivity index (χ3n) is 5.73. The Morgan fingerprint density at radius 3 is 2.32 bits per heavy atom. The van der Waals surface area contributed by atoms with E-state index in [-0.39, 0.29) is 0 Å². The second-order valence-corrected chi connectivity index (χ2v) is 8.09. The van der Waals surface area contributed by atoms with E-state index in [0.29, 0.717) is 6.04 Å². The fourth-order valence-electron chi connectivity index (χ4n) is 4.01. The number of unbranched alkanes of at least 4 members (excludes halogenated alkanes) is 2. The standard InChI is InChI=1S/C26H36N2/c1-2-3-6-15-25(20-23-11-7-4-8-12-23)21-27-26-16-18-28(19-17-26)22-24-13-9-5-10-14-24/h4-5,7-14,20,26-27H,2-3,6,15-19,21-22H2,1H3/b25-20+. The summed E-state index contributed by atoms with van der Waals surface area (Å²) in [4.78, 5) is 2.59. The Morgan fingerprint density at radius 1 is 0.964 bits per heavy atom. The zero-order chi connectivity index (χ0) is 19.4. The lowest BCUT2D eigenvalue weighted by atomic mass is 10.0. The second kappa shape index (κ2) is 11.8. The molecule has 2 heteroatoms. The number of hydrogen-bond donors (Lipinski definition) is 1. The van der Waals surface area contributed by atoms with E-state index >= 15 is 0 Å². The van der Waals surface area contributed by atoms with Crippen LogP contribution in [0.4, 0.5) is 0 Å². The highest BCUT2D eigenvalue weighted by atomic mass is 15.1. The highest BCUT2D eigenvalue weighted by molar-refractivity contribution is 5.53. The highest BCUT2D eigenvalue weighted by Crippen LogP contribution is 2.17. The van der Waals surface area contributed by atoms with Gasteiger partial charge in [0.05, 0.1) is 0 Å². The van der Waals surface area contributed by atoms with Crippen molar-refractivity contribution in [3.63, 3.8) is 0 Å². The van der Waals surface area contributed by atoms with Gasteiger partial charge >= 0.3 is 0 Å². The predicted octanol–water partition coefficient (Wildman–Crippen LogP) is 5.90. The molecule has 2 nitrogen and oxygen atoms in total. The van der Waals surface area contributed by atoms with Crippen molar-refractivity contribution < 1.29 is 0 Å². The van der Waals surface area contributed by atoms with E-state index < -0.39 is 0 Å². The Morgan fingerprint density at radius 2 is 1.64 bits per heavy atom. The number of rotatable bonds is 10. The number of benzene rings is 2. The van der Waals surface area contributed by atoms with Gasteiger partial charge in [0.15, 0.2) is 0 Å². The van der Waals surface area contributed by atoms with Crippen molar-refractivity contribution in [2.45, 2.75) is 58.0 Å². The summed E-state index contributed by atoms with van der Waals surface area (Å²) >= 11 is 0. The van der Waals surface area contributed by atoms with Crippen LogP contribution in [0.3, 0.4) is 0 Å². The minimum absolute atomic E-state index is 0.650. The number of hydrogen-bond acceptors (Lipinski definition) is 2. The van der Waals surface area contributed by atoms with Crippen LogP contribution >= 0.6 is 0 Å². The van der Waals surface area contributed by atoms with E-state index in [4.69, 9.17) is 0 Å². The maximum Gasteiger partial charge on any atom is 0.0233 e. The van der Waals surface area contributed by atoms with E-state index in [1.807, 2.05) is 0 Å². The van der Waals surface area contributed by atoms with Crippen LogP contribution in [0.5, 0.6) is 0 Å². The molecule has 1 aliphatic rings. The lowest BCUT2D eigenvalue weighted by molar-refractivity contribution is 0.192. The average Bonchev–Trinajstić information content (AvgIpc) is 2.74. The van der Waals surface area contributed by atoms with Crippen LogP contribution in [0.1, 0.15) is 56.6 Å². The normalized spacial score (nSPS) is 16.4. The van der Waals surface area contributed by atoms with Gasteiger partial charge in [-0.05, 0) is 49.9 Å². The molecule has 0 spiro atoms. The summed E-state index contributed by atoms with van der Waals surface area (Å²) in [6.07, 6.45) is 10.0. The summed E-state index contributed by atoms with van der Waals surface area (Å²) in [6.45, 7) is 6.79. The molecular weight excluding hydrogens is 340 g/mol. The van der Waals surface area contributed by atoms with Gasteiger partial charge < -0.3 is 5.32 Å². The van der Waals surface area contributed by atoms with Crippen molar-refractivity contribution in [1.82, 2.24) is 10.2 Å². The Hall–Kier alpha value is -1.90. The molecule has 0 unspecified atom stereocenters. The van der Waals surface area contributed by atoms with Gasteiger partial charge in [0.1, 0.15) is 0 Å². The number of nitrogens with zero attached hydrogens (tertiary/aromatic N) is 1. The van der Waals surface area contributed by atoms with Crippen molar-refractivity contribution in [3.05, 3.63) is 77.4 Å². The lowest BCUT2D eigenvalue weighted by Crippen LogP contribution is -2.42. The molecule has 1 fully saturated rings. The molecule has 1 aliphatic heterocycles. The summed E-state index contributed by atoms with van der Waals surface area (Å²) in [5.41, 5.74) is 4.30. The molecular formula is C26H36N2. The Kier molecular flexibility index (Phi) is 8.80. The third-order valence-corrected chi connectivity index (χ3v) is 5.73. The van der Waals surface area contributed by atoms with Crippen molar-refractivity contribution >= 4 is 6.08 Å². The van der Waals surface area contributed by atoms with Gasteiger partial charge in [0, 0.05) is 19.1 Å². The Labute approximate surface area is 171 Å². The van der Waals surface area contributed by atoms with Gasteiger partial charge in [-0.2, -0.15) is 0 Å². The summed E-state index contributed by atoms with van der Waals surface area (Å²) in [5.74, 6) is 0. The minimum Gasteiger partial charge on any atom is -0.310 e. The molecule has 28 heavy (non-hydrogen) atoms. The molecule has 1 heterocycles. The first-order chi connectivity index (χ1) is 13.8. The first kappa shape index (κ1) is 20.8. The van der Waals surface area contributed by atoms with Crippen LogP contribution in [0.25, 0.3) is 6.08 Å². The van der Waals surface area contributed by atoms with Crippen molar-refractivity contribution in [3.8, 4) is 0 Å². The number of likely N-dealkylation sites (tertiary alicyclic amines) is 1. The zero-order valence-corrected chi connectivity index (χ0v) is 17.4. The van der Waals surface area contributed by atoms with Gasteiger partial charge in [-0.25, -0.2) is 0 Å². The minimum atomic E-state index is 0.650. The van der Waals surface area contributed by atoms with E-state index in [0.717, 1.165) is 13.1 Å². The molecule has 2 aromatic rings. The topological polar surface area (TPSA) is 15.3 Å². The smallest absolute Gasteiger partial charge is 0.0233 e. The van der Waals surface area contributed by atoms with Crippen LogP contribution in [-0.4, -0.2) is 30.6 Å². The molecule has 0 aliphatic carbocycles. The third kappa shape index (κ3) is 7.26. The molecule has 0 amide bonds. The summed E-state index contributed by atoms with van der Waals surface area (Å²) in [7, 11) is 0. The van der Waals surface area contributed by atoms with Gasteiger partial charge in [0.2, 0.25) is 0 Å². The largest absolute Gasteiger partial charge is 0.310 e. The molecule has 3 rings (SSSR count). The van der Waals surface area contributed by atoms with Crippen molar-refractivity contribution in [1.29, 1.82) is 0 Å².